The standard InChI is InChI=1S/C20H19ClN2O2S2/c1-23(27(2,24)25)16-5-6-17(18(21)11-16)20-10-15(12-26-20)14-7-8-22-19(9-14)13-3-4-13/h5-13H,3-4H2,1-2H3. The van der Waals surface area contributed by atoms with Gasteiger partial charge in [0.05, 0.1) is 17.0 Å². The van der Waals surface area contributed by atoms with Crippen LogP contribution in [0.15, 0.2) is 48.0 Å². The van der Waals surface area contributed by atoms with Crippen molar-refractivity contribution in [3.8, 4) is 21.6 Å². The van der Waals surface area contributed by atoms with Crippen LogP contribution < -0.4 is 4.31 Å². The summed E-state index contributed by atoms with van der Waals surface area (Å²) in [7, 11) is -1.80. The second kappa shape index (κ2) is 6.93. The van der Waals surface area contributed by atoms with Crippen LogP contribution in [0.1, 0.15) is 24.5 Å². The fraction of sp³-hybridized carbons (Fsp3) is 0.250. The Kier molecular flexibility index (Phi) is 4.74. The van der Waals surface area contributed by atoms with Gasteiger partial charge in [0.2, 0.25) is 10.0 Å². The van der Waals surface area contributed by atoms with Gasteiger partial charge in [-0.1, -0.05) is 11.6 Å². The van der Waals surface area contributed by atoms with Gasteiger partial charge < -0.3 is 0 Å². The van der Waals surface area contributed by atoms with Crippen molar-refractivity contribution < 1.29 is 8.42 Å². The summed E-state index contributed by atoms with van der Waals surface area (Å²) in [6.45, 7) is 0. The highest BCUT2D eigenvalue weighted by Gasteiger charge is 2.25. The van der Waals surface area contributed by atoms with E-state index in [0.29, 0.717) is 16.6 Å². The van der Waals surface area contributed by atoms with Gasteiger partial charge in [-0.15, -0.1) is 11.3 Å². The van der Waals surface area contributed by atoms with Gasteiger partial charge in [-0.2, -0.15) is 0 Å². The minimum atomic E-state index is -3.32. The zero-order chi connectivity index (χ0) is 19.2. The molecule has 140 valence electrons. The first-order chi connectivity index (χ1) is 12.8. The highest BCUT2D eigenvalue weighted by atomic mass is 35.5. The molecular weight excluding hydrogens is 400 g/mol. The Hall–Kier alpha value is -1.89. The lowest BCUT2D eigenvalue weighted by molar-refractivity contribution is 0.600. The molecule has 0 unspecified atom stereocenters. The number of hydrogen-bond donors (Lipinski definition) is 0. The molecule has 0 saturated heterocycles. The molecule has 0 aliphatic heterocycles. The van der Waals surface area contributed by atoms with Crippen molar-refractivity contribution in [3.05, 3.63) is 58.7 Å². The molecule has 0 spiro atoms. The normalized spacial score (nSPS) is 14.3. The number of hydrogen-bond acceptors (Lipinski definition) is 4. The Morgan fingerprint density at radius 1 is 1.15 bits per heavy atom. The summed E-state index contributed by atoms with van der Waals surface area (Å²) in [6.07, 6.45) is 5.51. The first kappa shape index (κ1) is 18.5. The van der Waals surface area contributed by atoms with E-state index in [1.165, 1.54) is 41.7 Å². The van der Waals surface area contributed by atoms with Crippen LogP contribution in [-0.4, -0.2) is 26.7 Å². The fourth-order valence-electron chi connectivity index (χ4n) is 2.95. The third-order valence-corrected chi connectivity index (χ3v) is 7.27. The van der Waals surface area contributed by atoms with E-state index in [2.05, 4.69) is 22.5 Å². The average Bonchev–Trinajstić information content (AvgIpc) is 3.38. The van der Waals surface area contributed by atoms with Gasteiger partial charge in [0.25, 0.3) is 0 Å². The van der Waals surface area contributed by atoms with E-state index in [1.807, 2.05) is 18.3 Å². The third kappa shape index (κ3) is 3.88. The quantitative estimate of drug-likeness (QED) is 0.557. The predicted octanol–water partition coefficient (Wildman–Crippen LogP) is 5.40. The molecule has 0 radical (unpaired) electrons. The van der Waals surface area contributed by atoms with E-state index in [9.17, 15) is 8.42 Å². The first-order valence-electron chi connectivity index (χ1n) is 8.61. The summed E-state index contributed by atoms with van der Waals surface area (Å²) >= 11 is 8.09. The van der Waals surface area contributed by atoms with Gasteiger partial charge in [-0.05, 0) is 65.7 Å². The number of anilines is 1. The number of sulfonamides is 1. The van der Waals surface area contributed by atoms with Crippen molar-refractivity contribution in [1.29, 1.82) is 0 Å². The number of halogens is 1. The molecule has 0 N–H and O–H groups in total. The number of pyridine rings is 1. The highest BCUT2D eigenvalue weighted by molar-refractivity contribution is 7.92. The summed E-state index contributed by atoms with van der Waals surface area (Å²) in [4.78, 5) is 5.53. The molecule has 27 heavy (non-hydrogen) atoms. The molecule has 1 aliphatic rings. The minimum absolute atomic E-state index is 0.532. The van der Waals surface area contributed by atoms with E-state index in [-0.39, 0.29) is 0 Å². The second-order valence-corrected chi connectivity index (χ2v) is 10.2. The molecule has 0 bridgehead atoms. The molecule has 0 atom stereocenters. The van der Waals surface area contributed by atoms with Crippen LogP contribution in [-0.2, 0) is 10.0 Å². The smallest absolute Gasteiger partial charge is 0.231 e. The zero-order valence-corrected chi connectivity index (χ0v) is 17.4. The summed E-state index contributed by atoms with van der Waals surface area (Å²) in [5, 5.41) is 2.65. The molecule has 1 fully saturated rings. The zero-order valence-electron chi connectivity index (χ0n) is 15.0. The van der Waals surface area contributed by atoms with Crippen molar-refractivity contribution >= 4 is 38.6 Å². The Morgan fingerprint density at radius 3 is 2.59 bits per heavy atom. The SMILES string of the molecule is CN(c1ccc(-c2cc(-c3ccnc(C4CC4)c3)cs2)c(Cl)c1)S(C)(=O)=O. The fourth-order valence-corrected chi connectivity index (χ4v) is 4.74. The lowest BCUT2D eigenvalue weighted by Gasteiger charge is -2.17. The molecule has 3 aromatic rings. The Morgan fingerprint density at radius 2 is 1.93 bits per heavy atom. The topological polar surface area (TPSA) is 50.3 Å². The van der Waals surface area contributed by atoms with E-state index in [4.69, 9.17) is 11.6 Å². The number of rotatable bonds is 5. The van der Waals surface area contributed by atoms with Gasteiger partial charge >= 0.3 is 0 Å². The Bertz CT molecular complexity index is 1100. The summed E-state index contributed by atoms with van der Waals surface area (Å²) in [5.41, 5.74) is 4.93. The predicted molar refractivity (Wildman–Crippen MR) is 113 cm³/mol. The molecule has 1 saturated carbocycles. The van der Waals surface area contributed by atoms with Gasteiger partial charge in [0.15, 0.2) is 0 Å². The van der Waals surface area contributed by atoms with Crippen molar-refractivity contribution in [2.45, 2.75) is 18.8 Å². The molecule has 4 rings (SSSR count). The maximum Gasteiger partial charge on any atom is 0.231 e. The number of thiophene rings is 1. The molecule has 2 aromatic heterocycles. The van der Waals surface area contributed by atoms with Crippen molar-refractivity contribution in [2.75, 3.05) is 17.6 Å². The first-order valence-corrected chi connectivity index (χ1v) is 11.7. The van der Waals surface area contributed by atoms with Crippen molar-refractivity contribution in [3.63, 3.8) is 0 Å². The van der Waals surface area contributed by atoms with Crippen LogP contribution in [0.3, 0.4) is 0 Å². The Labute approximate surface area is 168 Å². The molecule has 1 aliphatic carbocycles. The molecule has 0 amide bonds. The largest absolute Gasteiger partial charge is 0.273 e. The van der Waals surface area contributed by atoms with Crippen LogP contribution in [0.5, 0.6) is 0 Å². The minimum Gasteiger partial charge on any atom is -0.273 e. The van der Waals surface area contributed by atoms with Gasteiger partial charge in [0.1, 0.15) is 0 Å². The van der Waals surface area contributed by atoms with Crippen LogP contribution >= 0.6 is 22.9 Å². The number of nitrogens with zero attached hydrogens (tertiary/aromatic N) is 2. The second-order valence-electron chi connectivity index (χ2n) is 6.84. The van der Waals surface area contributed by atoms with Gasteiger partial charge in [-0.3, -0.25) is 9.29 Å². The average molecular weight is 419 g/mol. The monoisotopic (exact) mass is 418 g/mol. The maximum absolute atomic E-state index is 11.7. The maximum atomic E-state index is 11.7. The highest BCUT2D eigenvalue weighted by Crippen LogP contribution is 2.41. The summed E-state index contributed by atoms with van der Waals surface area (Å²) in [6, 6.07) is 11.7. The lowest BCUT2D eigenvalue weighted by Crippen LogP contribution is -2.24. The molecule has 1 aromatic carbocycles. The molecular formula is C20H19ClN2O2S2. The van der Waals surface area contributed by atoms with Crippen LogP contribution in [0.25, 0.3) is 21.6 Å². The van der Waals surface area contributed by atoms with Gasteiger partial charge in [-0.25, -0.2) is 8.42 Å². The van der Waals surface area contributed by atoms with E-state index in [0.717, 1.165) is 16.0 Å². The summed E-state index contributed by atoms with van der Waals surface area (Å²) in [5.74, 6) is 0.622. The molecule has 7 heteroatoms. The Balaban J connectivity index is 1.64. The van der Waals surface area contributed by atoms with Crippen LogP contribution in [0, 0.1) is 0 Å². The van der Waals surface area contributed by atoms with Crippen molar-refractivity contribution in [2.24, 2.45) is 0 Å². The molecule has 4 nitrogen and oxygen atoms in total. The van der Waals surface area contributed by atoms with E-state index >= 15 is 0 Å². The number of benzene rings is 1. The van der Waals surface area contributed by atoms with Crippen molar-refractivity contribution in [1.82, 2.24) is 4.98 Å². The van der Waals surface area contributed by atoms with E-state index < -0.39 is 10.0 Å². The lowest BCUT2D eigenvalue weighted by atomic mass is 10.1. The number of aromatic nitrogens is 1. The molecule has 2 heterocycles. The van der Waals surface area contributed by atoms with E-state index in [1.54, 1.807) is 23.5 Å². The van der Waals surface area contributed by atoms with Crippen LogP contribution in [0.2, 0.25) is 5.02 Å². The van der Waals surface area contributed by atoms with Gasteiger partial charge in [0, 0.05) is 35.3 Å². The third-order valence-electron chi connectivity index (χ3n) is 4.79. The summed E-state index contributed by atoms with van der Waals surface area (Å²) < 4.78 is 24.7. The van der Waals surface area contributed by atoms with Crippen LogP contribution in [0.4, 0.5) is 5.69 Å².